The molecule has 4 rings (SSSR count). The Hall–Kier alpha value is -1.39. The first-order valence-electron chi connectivity index (χ1n) is 5.91. The Morgan fingerprint density at radius 2 is 2.22 bits per heavy atom. The number of hydrogen-bond donors (Lipinski definition) is 0. The summed E-state index contributed by atoms with van der Waals surface area (Å²) in [5.74, 6) is 0.604. The fourth-order valence-electron chi connectivity index (χ4n) is 2.09. The molecule has 0 atom stereocenters. The van der Waals surface area contributed by atoms with Crippen LogP contribution in [-0.4, -0.2) is 14.6 Å². The predicted octanol–water partition coefficient (Wildman–Crippen LogP) is 3.99. The Balaban J connectivity index is 1.91. The Morgan fingerprint density at radius 1 is 1.33 bits per heavy atom. The van der Waals surface area contributed by atoms with Gasteiger partial charge in [-0.3, -0.25) is 0 Å². The lowest BCUT2D eigenvalue weighted by molar-refractivity contribution is 0.912. The van der Waals surface area contributed by atoms with Crippen LogP contribution in [0.4, 0.5) is 0 Å². The third kappa shape index (κ3) is 1.64. The summed E-state index contributed by atoms with van der Waals surface area (Å²) >= 11 is 7.95. The molecule has 3 nitrogen and oxygen atoms in total. The van der Waals surface area contributed by atoms with Gasteiger partial charge in [-0.2, -0.15) is 5.10 Å². The minimum absolute atomic E-state index is 0.604. The molecule has 0 radical (unpaired) electrons. The van der Waals surface area contributed by atoms with Gasteiger partial charge in [-0.15, -0.1) is 11.3 Å². The summed E-state index contributed by atoms with van der Waals surface area (Å²) in [7, 11) is 0. The molecule has 0 aliphatic heterocycles. The molecule has 1 fully saturated rings. The quantitative estimate of drug-likeness (QED) is 0.662. The molecule has 3 aromatic rings. The lowest BCUT2D eigenvalue weighted by atomic mass is 10.3. The topological polar surface area (TPSA) is 30.2 Å². The molecule has 0 aromatic carbocycles. The number of fused-ring (bicyclic) bond motifs is 1. The zero-order valence-electron chi connectivity index (χ0n) is 9.51. The van der Waals surface area contributed by atoms with Crippen molar-refractivity contribution in [3.8, 4) is 10.6 Å². The van der Waals surface area contributed by atoms with E-state index in [0.29, 0.717) is 11.1 Å². The van der Waals surface area contributed by atoms with Gasteiger partial charge in [0.25, 0.3) is 0 Å². The summed E-state index contributed by atoms with van der Waals surface area (Å²) in [6.07, 6.45) is 2.46. The molecular formula is C13H10ClN3S. The maximum atomic E-state index is 6.27. The van der Waals surface area contributed by atoms with E-state index >= 15 is 0 Å². The van der Waals surface area contributed by atoms with E-state index in [1.54, 1.807) is 15.9 Å². The van der Waals surface area contributed by atoms with Crippen molar-refractivity contribution < 1.29 is 0 Å². The van der Waals surface area contributed by atoms with Gasteiger partial charge in [0.15, 0.2) is 5.65 Å². The van der Waals surface area contributed by atoms with Crippen molar-refractivity contribution in [2.24, 2.45) is 0 Å². The van der Waals surface area contributed by atoms with E-state index in [0.717, 1.165) is 21.9 Å². The molecule has 0 unspecified atom stereocenters. The van der Waals surface area contributed by atoms with Crippen molar-refractivity contribution in [2.45, 2.75) is 18.8 Å². The Morgan fingerprint density at radius 3 is 2.94 bits per heavy atom. The van der Waals surface area contributed by atoms with Crippen LogP contribution in [-0.2, 0) is 0 Å². The molecule has 0 saturated heterocycles. The van der Waals surface area contributed by atoms with Crippen molar-refractivity contribution in [1.29, 1.82) is 0 Å². The Labute approximate surface area is 113 Å². The fraction of sp³-hybridized carbons (Fsp3) is 0.231. The molecule has 0 amide bonds. The fourth-order valence-corrected chi connectivity index (χ4v) is 3.01. The van der Waals surface area contributed by atoms with E-state index in [4.69, 9.17) is 11.6 Å². The molecular weight excluding hydrogens is 266 g/mol. The summed E-state index contributed by atoms with van der Waals surface area (Å²) in [5, 5.41) is 7.20. The highest BCUT2D eigenvalue weighted by Crippen LogP contribution is 2.40. The lowest BCUT2D eigenvalue weighted by Crippen LogP contribution is -1.95. The van der Waals surface area contributed by atoms with E-state index in [9.17, 15) is 0 Å². The van der Waals surface area contributed by atoms with Crippen LogP contribution in [0.2, 0.25) is 5.15 Å². The largest absolute Gasteiger partial charge is 0.233 e. The number of thiophene rings is 1. The Bertz CT molecular complexity index is 713. The van der Waals surface area contributed by atoms with Gasteiger partial charge in [0.2, 0.25) is 0 Å². The normalized spacial score (nSPS) is 15.4. The van der Waals surface area contributed by atoms with Crippen LogP contribution >= 0.6 is 22.9 Å². The second-order valence-corrected chi connectivity index (χ2v) is 5.89. The van der Waals surface area contributed by atoms with Crippen LogP contribution in [0.25, 0.3) is 16.2 Å². The zero-order chi connectivity index (χ0) is 12.1. The second kappa shape index (κ2) is 3.80. The SMILES string of the molecule is Clc1cc(C2CC2)nc2cc(-c3cccs3)nn12. The van der Waals surface area contributed by atoms with Gasteiger partial charge in [-0.25, -0.2) is 9.50 Å². The van der Waals surface area contributed by atoms with Crippen molar-refractivity contribution in [1.82, 2.24) is 14.6 Å². The predicted molar refractivity (Wildman–Crippen MR) is 73.3 cm³/mol. The van der Waals surface area contributed by atoms with Gasteiger partial charge < -0.3 is 0 Å². The molecule has 0 N–H and O–H groups in total. The van der Waals surface area contributed by atoms with Crippen LogP contribution < -0.4 is 0 Å². The lowest BCUT2D eigenvalue weighted by Gasteiger charge is -2.00. The van der Waals surface area contributed by atoms with Crippen LogP contribution in [0.1, 0.15) is 24.5 Å². The first-order valence-corrected chi connectivity index (χ1v) is 7.17. The highest BCUT2D eigenvalue weighted by Gasteiger charge is 2.26. The maximum absolute atomic E-state index is 6.27. The molecule has 0 spiro atoms. The van der Waals surface area contributed by atoms with Crippen LogP contribution in [0.15, 0.2) is 29.6 Å². The molecule has 90 valence electrons. The minimum atomic E-state index is 0.604. The molecule has 0 bridgehead atoms. The highest BCUT2D eigenvalue weighted by atomic mass is 35.5. The van der Waals surface area contributed by atoms with Crippen LogP contribution in [0.5, 0.6) is 0 Å². The van der Waals surface area contributed by atoms with E-state index in [1.807, 2.05) is 23.6 Å². The van der Waals surface area contributed by atoms with Crippen LogP contribution in [0.3, 0.4) is 0 Å². The van der Waals surface area contributed by atoms with E-state index in [1.165, 1.54) is 12.8 Å². The van der Waals surface area contributed by atoms with E-state index in [-0.39, 0.29) is 0 Å². The monoisotopic (exact) mass is 275 g/mol. The van der Waals surface area contributed by atoms with Gasteiger partial charge in [0.1, 0.15) is 10.8 Å². The van der Waals surface area contributed by atoms with Crippen molar-refractivity contribution in [2.75, 3.05) is 0 Å². The second-order valence-electron chi connectivity index (χ2n) is 4.55. The summed E-state index contributed by atoms with van der Waals surface area (Å²) in [6, 6.07) is 8.03. The van der Waals surface area contributed by atoms with E-state index in [2.05, 4.69) is 16.1 Å². The third-order valence-electron chi connectivity index (χ3n) is 3.17. The minimum Gasteiger partial charge on any atom is -0.233 e. The summed E-state index contributed by atoms with van der Waals surface area (Å²) in [5.41, 5.74) is 2.88. The zero-order valence-corrected chi connectivity index (χ0v) is 11.1. The van der Waals surface area contributed by atoms with Crippen molar-refractivity contribution >= 4 is 28.6 Å². The van der Waals surface area contributed by atoms with Gasteiger partial charge >= 0.3 is 0 Å². The molecule has 18 heavy (non-hydrogen) atoms. The van der Waals surface area contributed by atoms with Crippen molar-refractivity contribution in [3.63, 3.8) is 0 Å². The van der Waals surface area contributed by atoms with Gasteiger partial charge in [0.05, 0.1) is 4.88 Å². The summed E-state index contributed by atoms with van der Waals surface area (Å²) in [4.78, 5) is 5.79. The van der Waals surface area contributed by atoms with Crippen molar-refractivity contribution in [3.05, 3.63) is 40.5 Å². The van der Waals surface area contributed by atoms with Gasteiger partial charge in [-0.05, 0) is 30.4 Å². The maximum Gasteiger partial charge on any atom is 0.157 e. The highest BCUT2D eigenvalue weighted by molar-refractivity contribution is 7.13. The smallest absolute Gasteiger partial charge is 0.157 e. The molecule has 1 aliphatic carbocycles. The standard InChI is InChI=1S/C13H10ClN3S/c14-12-6-9(8-3-4-8)15-13-7-10(16-17(12)13)11-2-1-5-18-11/h1-2,5-8H,3-4H2. The molecule has 3 aromatic heterocycles. The molecule has 5 heteroatoms. The number of hydrogen-bond acceptors (Lipinski definition) is 3. The Kier molecular flexibility index (Phi) is 2.22. The number of halogens is 1. The van der Waals surface area contributed by atoms with Gasteiger partial charge in [0, 0.05) is 17.7 Å². The van der Waals surface area contributed by atoms with Gasteiger partial charge in [-0.1, -0.05) is 17.7 Å². The van der Waals surface area contributed by atoms with Crippen LogP contribution in [0, 0.1) is 0 Å². The molecule has 1 saturated carbocycles. The third-order valence-corrected chi connectivity index (χ3v) is 4.33. The summed E-state index contributed by atoms with van der Waals surface area (Å²) < 4.78 is 1.71. The molecule has 1 aliphatic rings. The average molecular weight is 276 g/mol. The first kappa shape index (κ1) is 10.5. The average Bonchev–Trinajstić information content (AvgIpc) is 2.91. The first-order chi connectivity index (χ1) is 8.81. The molecule has 3 heterocycles. The summed E-state index contributed by atoms with van der Waals surface area (Å²) in [6.45, 7) is 0. The van der Waals surface area contributed by atoms with E-state index < -0.39 is 0 Å². The number of rotatable bonds is 2. The number of aromatic nitrogens is 3. The number of nitrogens with zero attached hydrogens (tertiary/aromatic N) is 3.